The summed E-state index contributed by atoms with van der Waals surface area (Å²) in [5, 5.41) is 3.56. The Bertz CT molecular complexity index is 1210. The molecule has 1 N–H and O–H groups in total. The maximum atomic E-state index is 13.0. The van der Waals surface area contributed by atoms with Crippen molar-refractivity contribution in [1.29, 1.82) is 0 Å². The lowest BCUT2D eigenvalue weighted by Crippen LogP contribution is -2.30. The highest BCUT2D eigenvalue weighted by Gasteiger charge is 2.22. The number of halogens is 1. The normalized spacial score (nSPS) is 12.3. The zero-order chi connectivity index (χ0) is 24.9. The van der Waals surface area contributed by atoms with Crippen LogP contribution in [0.15, 0.2) is 77.7 Å². The number of nitrogens with one attached hydrogen (secondary N) is 1. The van der Waals surface area contributed by atoms with E-state index in [4.69, 9.17) is 16.3 Å². The van der Waals surface area contributed by atoms with Crippen molar-refractivity contribution in [2.45, 2.75) is 31.2 Å². The largest absolute Gasteiger partial charge is 0.497 e. The van der Waals surface area contributed by atoms with E-state index in [0.29, 0.717) is 22.2 Å². The molecule has 3 rings (SSSR count). The van der Waals surface area contributed by atoms with Crippen molar-refractivity contribution >= 4 is 33.2 Å². The molecule has 0 aliphatic rings. The van der Waals surface area contributed by atoms with Crippen molar-refractivity contribution in [3.8, 4) is 5.75 Å². The summed E-state index contributed by atoms with van der Waals surface area (Å²) in [6.07, 6.45) is 0.776. The first-order chi connectivity index (χ1) is 16.1. The lowest BCUT2D eigenvalue weighted by atomic mass is 9.96. The number of hydrogen-bond acceptors (Lipinski definition) is 4. The van der Waals surface area contributed by atoms with Crippen LogP contribution in [0.1, 0.15) is 42.2 Å². The topological polar surface area (TPSA) is 75.7 Å². The number of methoxy groups -OCH3 is 1. The maximum absolute atomic E-state index is 13.0. The first-order valence-corrected chi connectivity index (χ1v) is 12.7. The molecule has 0 unspecified atom stereocenters. The van der Waals surface area contributed by atoms with Crippen molar-refractivity contribution in [3.05, 3.63) is 88.9 Å². The zero-order valence-corrected chi connectivity index (χ0v) is 21.2. The Morgan fingerprint density at radius 3 is 2.09 bits per heavy atom. The third kappa shape index (κ3) is 6.10. The minimum absolute atomic E-state index is 0.136. The summed E-state index contributed by atoms with van der Waals surface area (Å²) in [6.45, 7) is 4.21. The maximum Gasteiger partial charge on any atom is 0.264 e. The Morgan fingerprint density at radius 2 is 1.56 bits per heavy atom. The summed E-state index contributed by atoms with van der Waals surface area (Å²) in [6, 6.07) is 20.0. The van der Waals surface area contributed by atoms with E-state index in [1.807, 2.05) is 24.3 Å². The number of ether oxygens (including phenoxy) is 1. The van der Waals surface area contributed by atoms with Crippen molar-refractivity contribution in [2.24, 2.45) is 5.92 Å². The van der Waals surface area contributed by atoms with Gasteiger partial charge in [-0.1, -0.05) is 37.6 Å². The number of anilines is 1. The van der Waals surface area contributed by atoms with Crippen LogP contribution >= 0.6 is 11.6 Å². The number of hydrogen-bond donors (Lipinski definition) is 1. The average molecular weight is 501 g/mol. The van der Waals surface area contributed by atoms with Gasteiger partial charge in [-0.15, -0.1) is 0 Å². The van der Waals surface area contributed by atoms with E-state index in [-0.39, 0.29) is 16.8 Å². The van der Waals surface area contributed by atoms with Gasteiger partial charge < -0.3 is 10.1 Å². The standard InChI is InChI=1S/C26H29ClN2O4S/c1-18(2)17-25(19-7-13-23(33-4)14-8-19)28-26(30)20-5-11-22(12-6-20)29(3)34(31,32)24-15-9-21(27)10-16-24/h5-16,18,25H,17H2,1-4H3,(H,28,30)/t25-/m1/s1. The van der Waals surface area contributed by atoms with Crippen molar-refractivity contribution in [2.75, 3.05) is 18.5 Å². The van der Waals surface area contributed by atoms with Gasteiger partial charge in [-0.2, -0.15) is 0 Å². The molecule has 0 saturated carbocycles. The number of carbonyl (C=O) groups excluding carboxylic acids is 1. The molecule has 0 heterocycles. The van der Waals surface area contributed by atoms with Gasteiger partial charge in [-0.25, -0.2) is 8.42 Å². The molecule has 0 bridgehead atoms. The Kier molecular flexibility index (Phi) is 8.23. The Labute approximate surface area is 206 Å². The van der Waals surface area contributed by atoms with Crippen molar-refractivity contribution in [1.82, 2.24) is 5.32 Å². The molecule has 6 nitrogen and oxygen atoms in total. The molecule has 1 atom stereocenters. The van der Waals surface area contributed by atoms with Crippen LogP contribution in [-0.2, 0) is 10.0 Å². The Hall–Kier alpha value is -3.03. The highest BCUT2D eigenvalue weighted by Crippen LogP contribution is 2.26. The third-order valence-corrected chi connectivity index (χ3v) is 7.55. The molecule has 0 fully saturated rings. The second-order valence-corrected chi connectivity index (χ2v) is 10.8. The van der Waals surface area contributed by atoms with Crippen LogP contribution in [0.25, 0.3) is 0 Å². The van der Waals surface area contributed by atoms with Crippen LogP contribution in [0.4, 0.5) is 5.69 Å². The van der Waals surface area contributed by atoms with Gasteiger partial charge in [-0.05, 0) is 78.6 Å². The molecule has 0 spiro atoms. The number of amides is 1. The van der Waals surface area contributed by atoms with Gasteiger partial charge in [0.05, 0.1) is 23.7 Å². The average Bonchev–Trinajstić information content (AvgIpc) is 2.83. The molecule has 8 heteroatoms. The predicted octanol–water partition coefficient (Wildman–Crippen LogP) is 5.69. The number of rotatable bonds is 9. The fourth-order valence-electron chi connectivity index (χ4n) is 3.55. The van der Waals surface area contributed by atoms with Gasteiger partial charge in [0, 0.05) is 17.6 Å². The van der Waals surface area contributed by atoms with Crippen LogP contribution in [-0.4, -0.2) is 28.5 Å². The summed E-state index contributed by atoms with van der Waals surface area (Å²) in [4.78, 5) is 13.1. The molecule has 3 aromatic rings. The first-order valence-electron chi connectivity index (χ1n) is 10.9. The van der Waals surface area contributed by atoms with E-state index in [1.165, 1.54) is 35.6 Å². The molecule has 180 valence electrons. The molecular weight excluding hydrogens is 472 g/mol. The molecule has 0 saturated heterocycles. The van der Waals surface area contributed by atoms with E-state index in [2.05, 4.69) is 19.2 Å². The SMILES string of the molecule is COc1ccc([C@@H](CC(C)C)NC(=O)c2ccc(N(C)S(=O)(=O)c3ccc(Cl)cc3)cc2)cc1. The van der Waals surface area contributed by atoms with Crippen LogP contribution in [0, 0.1) is 5.92 Å². The number of benzene rings is 3. The third-order valence-electron chi connectivity index (χ3n) is 5.50. The Balaban J connectivity index is 1.76. The molecule has 0 aliphatic carbocycles. The zero-order valence-electron chi connectivity index (χ0n) is 19.7. The lowest BCUT2D eigenvalue weighted by molar-refractivity contribution is 0.0932. The molecule has 34 heavy (non-hydrogen) atoms. The van der Waals surface area contributed by atoms with Crippen LogP contribution in [0.2, 0.25) is 5.02 Å². The van der Waals surface area contributed by atoms with Gasteiger partial charge in [0.25, 0.3) is 15.9 Å². The molecular formula is C26H29ClN2O4S. The van der Waals surface area contributed by atoms with Crippen LogP contribution in [0.5, 0.6) is 5.75 Å². The van der Waals surface area contributed by atoms with Gasteiger partial charge in [0.1, 0.15) is 5.75 Å². The van der Waals surface area contributed by atoms with Crippen molar-refractivity contribution in [3.63, 3.8) is 0 Å². The molecule has 0 aromatic heterocycles. The second kappa shape index (κ2) is 10.9. The summed E-state index contributed by atoms with van der Waals surface area (Å²) in [5.41, 5.74) is 1.89. The predicted molar refractivity (Wildman–Crippen MR) is 136 cm³/mol. The van der Waals surface area contributed by atoms with Crippen LogP contribution in [0.3, 0.4) is 0 Å². The molecule has 0 aliphatic heterocycles. The second-order valence-electron chi connectivity index (χ2n) is 8.40. The quantitative estimate of drug-likeness (QED) is 0.409. The van der Waals surface area contributed by atoms with E-state index >= 15 is 0 Å². The highest BCUT2D eigenvalue weighted by molar-refractivity contribution is 7.92. The van der Waals surface area contributed by atoms with Gasteiger partial charge >= 0.3 is 0 Å². The summed E-state index contributed by atoms with van der Waals surface area (Å²) >= 11 is 5.87. The van der Waals surface area contributed by atoms with Gasteiger partial charge in [0.15, 0.2) is 0 Å². The van der Waals surface area contributed by atoms with E-state index < -0.39 is 10.0 Å². The van der Waals surface area contributed by atoms with Crippen LogP contribution < -0.4 is 14.4 Å². The molecule has 1 amide bonds. The minimum atomic E-state index is -3.75. The number of carbonyl (C=O) groups is 1. The number of sulfonamides is 1. The lowest BCUT2D eigenvalue weighted by Gasteiger charge is -2.22. The Morgan fingerprint density at radius 1 is 0.971 bits per heavy atom. The fourth-order valence-corrected chi connectivity index (χ4v) is 4.88. The number of nitrogens with zero attached hydrogens (tertiary/aromatic N) is 1. The summed E-state index contributed by atoms with van der Waals surface area (Å²) in [7, 11) is -0.663. The smallest absolute Gasteiger partial charge is 0.264 e. The summed E-state index contributed by atoms with van der Waals surface area (Å²) < 4.78 is 32.2. The fraction of sp³-hybridized carbons (Fsp3) is 0.269. The van der Waals surface area contributed by atoms with Crippen molar-refractivity contribution < 1.29 is 17.9 Å². The minimum Gasteiger partial charge on any atom is -0.497 e. The monoisotopic (exact) mass is 500 g/mol. The first kappa shape index (κ1) is 25.6. The van der Waals surface area contributed by atoms with E-state index in [9.17, 15) is 13.2 Å². The molecule has 0 radical (unpaired) electrons. The van der Waals surface area contributed by atoms with Gasteiger partial charge in [0.2, 0.25) is 0 Å². The highest BCUT2D eigenvalue weighted by atomic mass is 35.5. The van der Waals surface area contributed by atoms with E-state index in [0.717, 1.165) is 17.7 Å². The van der Waals surface area contributed by atoms with E-state index in [1.54, 1.807) is 31.4 Å². The molecule has 3 aromatic carbocycles. The van der Waals surface area contributed by atoms with Gasteiger partial charge in [-0.3, -0.25) is 9.10 Å². The summed E-state index contributed by atoms with van der Waals surface area (Å²) in [5.74, 6) is 0.907.